The van der Waals surface area contributed by atoms with Crippen LogP contribution >= 0.6 is 11.3 Å². The zero-order valence-electron chi connectivity index (χ0n) is 11.6. The molecule has 0 aliphatic rings. The molecule has 0 spiro atoms. The molecule has 0 bridgehead atoms. The monoisotopic (exact) mass is 292 g/mol. The SMILES string of the molecule is COc1ccc(-c2nc(CN(C)C)sc2C(=O)O)cc1. The molecule has 6 heteroatoms. The number of hydrogen-bond donors (Lipinski definition) is 1. The zero-order valence-corrected chi connectivity index (χ0v) is 12.4. The lowest BCUT2D eigenvalue weighted by Gasteiger charge is -2.05. The summed E-state index contributed by atoms with van der Waals surface area (Å²) in [5.74, 6) is -0.215. The molecular weight excluding hydrogens is 276 g/mol. The third kappa shape index (κ3) is 3.15. The fourth-order valence-corrected chi connectivity index (χ4v) is 2.83. The Morgan fingerprint density at radius 2 is 2.00 bits per heavy atom. The number of hydrogen-bond acceptors (Lipinski definition) is 5. The molecule has 5 nitrogen and oxygen atoms in total. The summed E-state index contributed by atoms with van der Waals surface area (Å²) < 4.78 is 5.10. The van der Waals surface area contributed by atoms with Crippen molar-refractivity contribution in [3.05, 3.63) is 34.2 Å². The summed E-state index contributed by atoms with van der Waals surface area (Å²) >= 11 is 1.22. The Balaban J connectivity index is 2.42. The Labute approximate surface area is 121 Å². The molecule has 0 aliphatic heterocycles. The van der Waals surface area contributed by atoms with Crippen molar-refractivity contribution in [3.63, 3.8) is 0 Å². The third-order valence-electron chi connectivity index (χ3n) is 2.68. The van der Waals surface area contributed by atoms with Crippen LogP contribution in [0, 0.1) is 0 Å². The standard InChI is InChI=1S/C14H16N2O3S/c1-16(2)8-11-15-12(13(20-11)14(17)18)9-4-6-10(19-3)7-5-9/h4-7H,8H2,1-3H3,(H,17,18). The first-order valence-corrected chi connectivity index (χ1v) is 6.85. The Morgan fingerprint density at radius 1 is 1.35 bits per heavy atom. The van der Waals surface area contributed by atoms with Gasteiger partial charge < -0.3 is 14.7 Å². The predicted octanol–water partition coefficient (Wildman–Crippen LogP) is 2.58. The number of aromatic carboxylic acids is 1. The van der Waals surface area contributed by atoms with Crippen molar-refractivity contribution in [2.24, 2.45) is 0 Å². The van der Waals surface area contributed by atoms with Crippen molar-refractivity contribution < 1.29 is 14.6 Å². The van der Waals surface area contributed by atoms with Gasteiger partial charge in [-0.3, -0.25) is 0 Å². The number of ether oxygens (including phenoxy) is 1. The first kappa shape index (κ1) is 14.5. The van der Waals surface area contributed by atoms with Crippen LogP contribution in [-0.4, -0.2) is 42.2 Å². The molecule has 0 radical (unpaired) electrons. The number of aromatic nitrogens is 1. The molecule has 1 heterocycles. The van der Waals surface area contributed by atoms with Crippen molar-refractivity contribution in [2.75, 3.05) is 21.2 Å². The van der Waals surface area contributed by atoms with Crippen LogP contribution in [-0.2, 0) is 6.54 Å². The van der Waals surface area contributed by atoms with Crippen LogP contribution in [0.4, 0.5) is 0 Å². The molecule has 1 aromatic carbocycles. The average Bonchev–Trinajstić information content (AvgIpc) is 2.82. The summed E-state index contributed by atoms with van der Waals surface area (Å²) in [6.45, 7) is 0.626. The van der Waals surface area contributed by atoms with Crippen LogP contribution in [0.1, 0.15) is 14.7 Å². The molecule has 106 valence electrons. The quantitative estimate of drug-likeness (QED) is 0.917. The molecule has 0 amide bonds. The lowest BCUT2D eigenvalue weighted by Crippen LogP contribution is -2.10. The largest absolute Gasteiger partial charge is 0.497 e. The predicted molar refractivity (Wildman–Crippen MR) is 78.5 cm³/mol. The maximum atomic E-state index is 11.3. The number of rotatable bonds is 5. The van der Waals surface area contributed by atoms with Gasteiger partial charge in [0, 0.05) is 12.1 Å². The van der Waals surface area contributed by atoms with E-state index in [2.05, 4.69) is 4.98 Å². The summed E-state index contributed by atoms with van der Waals surface area (Å²) in [5.41, 5.74) is 1.30. The molecule has 2 rings (SSSR count). The zero-order chi connectivity index (χ0) is 14.7. The summed E-state index contributed by atoms with van der Waals surface area (Å²) in [6, 6.07) is 7.23. The Kier molecular flexibility index (Phi) is 4.36. The molecule has 0 saturated heterocycles. The van der Waals surface area contributed by atoms with Gasteiger partial charge in [-0.15, -0.1) is 11.3 Å². The van der Waals surface area contributed by atoms with E-state index in [0.717, 1.165) is 16.3 Å². The molecule has 1 aromatic heterocycles. The van der Waals surface area contributed by atoms with Gasteiger partial charge in [-0.2, -0.15) is 0 Å². The second-order valence-electron chi connectivity index (χ2n) is 4.56. The molecule has 20 heavy (non-hydrogen) atoms. The maximum Gasteiger partial charge on any atom is 0.348 e. The molecule has 0 atom stereocenters. The van der Waals surface area contributed by atoms with E-state index in [0.29, 0.717) is 12.2 Å². The second kappa shape index (κ2) is 6.02. The third-order valence-corrected chi connectivity index (χ3v) is 3.71. The van der Waals surface area contributed by atoms with Gasteiger partial charge in [0.15, 0.2) is 0 Å². The Hall–Kier alpha value is -1.92. The van der Waals surface area contributed by atoms with Crippen LogP contribution in [0.3, 0.4) is 0 Å². The molecular formula is C14H16N2O3S. The Morgan fingerprint density at radius 3 is 2.50 bits per heavy atom. The summed E-state index contributed by atoms with van der Waals surface area (Å²) in [7, 11) is 5.44. The normalized spacial score (nSPS) is 10.8. The molecule has 0 aliphatic carbocycles. The number of carboxylic acid groups (broad SMARTS) is 1. The number of methoxy groups -OCH3 is 1. The second-order valence-corrected chi connectivity index (χ2v) is 5.64. The summed E-state index contributed by atoms with van der Waals surface area (Å²) in [6.07, 6.45) is 0. The average molecular weight is 292 g/mol. The molecule has 1 N–H and O–H groups in total. The number of carboxylic acids is 1. The van der Waals surface area contributed by atoms with Gasteiger partial charge in [-0.05, 0) is 38.4 Å². The Bertz CT molecular complexity index is 605. The van der Waals surface area contributed by atoms with Crippen molar-refractivity contribution >= 4 is 17.3 Å². The van der Waals surface area contributed by atoms with E-state index in [1.54, 1.807) is 19.2 Å². The summed E-state index contributed by atoms with van der Waals surface area (Å²) in [4.78, 5) is 18.0. The van der Waals surface area contributed by atoms with E-state index in [-0.39, 0.29) is 4.88 Å². The highest BCUT2D eigenvalue weighted by Gasteiger charge is 2.19. The van der Waals surface area contributed by atoms with Gasteiger partial charge >= 0.3 is 5.97 Å². The highest BCUT2D eigenvalue weighted by atomic mass is 32.1. The van der Waals surface area contributed by atoms with Crippen molar-refractivity contribution in [1.29, 1.82) is 0 Å². The van der Waals surface area contributed by atoms with Gasteiger partial charge in [0.25, 0.3) is 0 Å². The highest BCUT2D eigenvalue weighted by molar-refractivity contribution is 7.14. The molecule has 0 fully saturated rings. The lowest BCUT2D eigenvalue weighted by molar-refractivity contribution is 0.0702. The van der Waals surface area contributed by atoms with Crippen LogP contribution < -0.4 is 4.74 Å². The molecule has 0 unspecified atom stereocenters. The topological polar surface area (TPSA) is 62.7 Å². The van der Waals surface area contributed by atoms with Crippen molar-refractivity contribution in [2.45, 2.75) is 6.54 Å². The number of nitrogens with zero attached hydrogens (tertiary/aromatic N) is 2. The highest BCUT2D eigenvalue weighted by Crippen LogP contribution is 2.30. The van der Waals surface area contributed by atoms with Crippen molar-refractivity contribution in [3.8, 4) is 17.0 Å². The number of thiazole rings is 1. The van der Waals surface area contributed by atoms with Gasteiger partial charge in [-0.25, -0.2) is 9.78 Å². The van der Waals surface area contributed by atoms with Gasteiger partial charge in [0.05, 0.1) is 12.8 Å². The summed E-state index contributed by atoms with van der Waals surface area (Å²) in [5, 5.41) is 10.1. The molecule has 0 saturated carbocycles. The van der Waals surface area contributed by atoms with Crippen LogP contribution in [0.5, 0.6) is 5.75 Å². The fourth-order valence-electron chi connectivity index (χ4n) is 1.79. The van der Waals surface area contributed by atoms with Crippen molar-refractivity contribution in [1.82, 2.24) is 9.88 Å². The van der Waals surface area contributed by atoms with E-state index in [4.69, 9.17) is 4.74 Å². The number of carbonyl (C=O) groups is 1. The van der Waals surface area contributed by atoms with Crippen LogP contribution in [0.15, 0.2) is 24.3 Å². The van der Waals surface area contributed by atoms with Crippen LogP contribution in [0.25, 0.3) is 11.3 Å². The minimum atomic E-state index is -0.946. The van der Waals surface area contributed by atoms with Gasteiger partial charge in [-0.1, -0.05) is 0 Å². The smallest absolute Gasteiger partial charge is 0.348 e. The van der Waals surface area contributed by atoms with E-state index in [9.17, 15) is 9.90 Å². The van der Waals surface area contributed by atoms with Gasteiger partial charge in [0.2, 0.25) is 0 Å². The lowest BCUT2D eigenvalue weighted by atomic mass is 10.1. The first-order valence-electron chi connectivity index (χ1n) is 6.03. The van der Waals surface area contributed by atoms with E-state index in [1.807, 2.05) is 31.1 Å². The van der Waals surface area contributed by atoms with E-state index < -0.39 is 5.97 Å². The minimum Gasteiger partial charge on any atom is -0.497 e. The minimum absolute atomic E-state index is 0.270. The first-order chi connectivity index (χ1) is 9.51. The van der Waals surface area contributed by atoms with E-state index in [1.165, 1.54) is 11.3 Å². The number of benzene rings is 1. The molecule has 2 aromatic rings. The maximum absolute atomic E-state index is 11.3. The van der Waals surface area contributed by atoms with Gasteiger partial charge in [0.1, 0.15) is 15.6 Å². The van der Waals surface area contributed by atoms with Crippen LogP contribution in [0.2, 0.25) is 0 Å². The van der Waals surface area contributed by atoms with E-state index >= 15 is 0 Å². The fraction of sp³-hybridized carbons (Fsp3) is 0.286.